The highest BCUT2D eigenvalue weighted by Gasteiger charge is 2.28. The molecule has 1 atom stereocenters. The van der Waals surface area contributed by atoms with Crippen molar-refractivity contribution < 1.29 is 14.3 Å². The molecule has 0 spiro atoms. The molecule has 0 fully saturated rings. The van der Waals surface area contributed by atoms with Crippen molar-refractivity contribution in [2.45, 2.75) is 26.7 Å². The number of ether oxygens (including phenoxy) is 2. The number of nitrogens with zero attached hydrogens (tertiary/aromatic N) is 2. The highest BCUT2D eigenvalue weighted by Crippen LogP contribution is 2.32. The van der Waals surface area contributed by atoms with Gasteiger partial charge in [-0.3, -0.25) is 4.79 Å². The van der Waals surface area contributed by atoms with Gasteiger partial charge < -0.3 is 20.1 Å². The maximum absolute atomic E-state index is 12.8. The number of aromatic nitrogens is 2. The van der Waals surface area contributed by atoms with E-state index in [-0.39, 0.29) is 11.7 Å². The predicted octanol–water partition coefficient (Wildman–Crippen LogP) is 5.14. The molecule has 0 radical (unpaired) electrons. The summed E-state index contributed by atoms with van der Waals surface area (Å²) in [5.41, 5.74) is 2.96. The number of hydrogen-bond donors (Lipinski definition) is 2. The summed E-state index contributed by atoms with van der Waals surface area (Å²) in [5.74, 6) is 2.79. The summed E-state index contributed by atoms with van der Waals surface area (Å²) in [6, 6.07) is 15.1. The quantitative estimate of drug-likeness (QED) is 0.550. The van der Waals surface area contributed by atoms with Crippen LogP contribution in [-0.2, 0) is 6.42 Å². The minimum atomic E-state index is 0.0649. The van der Waals surface area contributed by atoms with Gasteiger partial charge in [-0.15, -0.1) is 0 Å². The van der Waals surface area contributed by atoms with Crippen LogP contribution in [0.4, 0.5) is 23.1 Å². The third-order valence-corrected chi connectivity index (χ3v) is 5.09. The average Bonchev–Trinajstić information content (AvgIpc) is 2.75. The van der Waals surface area contributed by atoms with Gasteiger partial charge in [0.05, 0.1) is 25.0 Å². The minimum absolute atomic E-state index is 0.0649. The Balaban J connectivity index is 1.69. The summed E-state index contributed by atoms with van der Waals surface area (Å²) in [7, 11) is 1.63. The number of carbonyl (C=O) groups excluding carboxylic acids is 1. The molecule has 160 valence electrons. The molecule has 31 heavy (non-hydrogen) atoms. The molecule has 1 aromatic heterocycles. The van der Waals surface area contributed by atoms with E-state index in [0.717, 1.165) is 35.0 Å². The number of anilines is 4. The lowest BCUT2D eigenvalue weighted by atomic mass is 9.87. The highest BCUT2D eigenvalue weighted by molar-refractivity contribution is 6.03. The first-order valence-corrected chi connectivity index (χ1v) is 10.4. The Morgan fingerprint density at radius 1 is 1.00 bits per heavy atom. The standard InChI is InChI=1S/C24H26N4O3/c1-4-31-18-10-8-16(9-11-18)25-23-22-20(12-15(2)13-21(22)29)27-24(28-23)26-17-6-5-7-19(14-17)30-3/h5-11,14-15H,4,12-13H2,1-3H3,(H2,25,26,27,28). The van der Waals surface area contributed by atoms with E-state index < -0.39 is 0 Å². The topological polar surface area (TPSA) is 85.4 Å². The van der Waals surface area contributed by atoms with Crippen LogP contribution in [0, 0.1) is 5.92 Å². The molecule has 1 aliphatic rings. The van der Waals surface area contributed by atoms with Crippen LogP contribution in [0.25, 0.3) is 0 Å². The summed E-state index contributed by atoms with van der Waals surface area (Å²) < 4.78 is 10.8. The molecule has 0 amide bonds. The molecule has 1 aliphatic carbocycles. The molecule has 0 saturated heterocycles. The Morgan fingerprint density at radius 3 is 2.55 bits per heavy atom. The summed E-state index contributed by atoms with van der Waals surface area (Å²) in [5, 5.41) is 6.54. The van der Waals surface area contributed by atoms with Crippen LogP contribution < -0.4 is 20.1 Å². The van der Waals surface area contributed by atoms with Gasteiger partial charge >= 0.3 is 0 Å². The zero-order valence-corrected chi connectivity index (χ0v) is 17.9. The first-order chi connectivity index (χ1) is 15.1. The lowest BCUT2D eigenvalue weighted by Crippen LogP contribution is -2.22. The van der Waals surface area contributed by atoms with Crippen molar-refractivity contribution in [3.05, 3.63) is 59.8 Å². The first kappa shape index (κ1) is 20.7. The van der Waals surface area contributed by atoms with Gasteiger partial charge in [-0.25, -0.2) is 4.98 Å². The molecular formula is C24H26N4O3. The van der Waals surface area contributed by atoms with Gasteiger partial charge in [0, 0.05) is 23.9 Å². The van der Waals surface area contributed by atoms with Crippen LogP contribution in [0.2, 0.25) is 0 Å². The number of ketones is 1. The van der Waals surface area contributed by atoms with Crippen LogP contribution in [0.15, 0.2) is 48.5 Å². The molecule has 3 aromatic rings. The van der Waals surface area contributed by atoms with E-state index in [0.29, 0.717) is 30.4 Å². The molecule has 2 aromatic carbocycles. The number of hydrogen-bond acceptors (Lipinski definition) is 7. The van der Waals surface area contributed by atoms with E-state index in [4.69, 9.17) is 9.47 Å². The maximum atomic E-state index is 12.8. The first-order valence-electron chi connectivity index (χ1n) is 10.4. The van der Waals surface area contributed by atoms with Crippen molar-refractivity contribution in [3.63, 3.8) is 0 Å². The Kier molecular flexibility index (Phi) is 6.02. The molecule has 1 heterocycles. The van der Waals surface area contributed by atoms with Crippen LogP contribution >= 0.6 is 0 Å². The largest absolute Gasteiger partial charge is 0.497 e. The fraction of sp³-hybridized carbons (Fsp3) is 0.292. The number of fused-ring (bicyclic) bond motifs is 1. The smallest absolute Gasteiger partial charge is 0.229 e. The zero-order valence-electron chi connectivity index (χ0n) is 17.9. The number of benzene rings is 2. The van der Waals surface area contributed by atoms with Crippen LogP contribution in [0.5, 0.6) is 11.5 Å². The summed E-state index contributed by atoms with van der Waals surface area (Å²) >= 11 is 0. The average molecular weight is 418 g/mol. The summed E-state index contributed by atoms with van der Waals surface area (Å²) in [6.07, 6.45) is 1.23. The molecule has 7 heteroatoms. The second-order valence-electron chi connectivity index (χ2n) is 7.59. The fourth-order valence-corrected chi connectivity index (χ4v) is 3.68. The Hall–Kier alpha value is -3.61. The van der Waals surface area contributed by atoms with Crippen LogP contribution in [0.1, 0.15) is 36.3 Å². The monoisotopic (exact) mass is 418 g/mol. The van der Waals surface area contributed by atoms with Gasteiger partial charge in [0.1, 0.15) is 17.3 Å². The summed E-state index contributed by atoms with van der Waals surface area (Å²) in [4.78, 5) is 22.1. The van der Waals surface area contributed by atoms with E-state index in [1.807, 2.05) is 55.5 Å². The van der Waals surface area contributed by atoms with Gasteiger partial charge in [0.2, 0.25) is 5.95 Å². The molecular weight excluding hydrogens is 392 g/mol. The molecule has 0 saturated carbocycles. The van der Waals surface area contributed by atoms with Crippen LogP contribution in [0.3, 0.4) is 0 Å². The van der Waals surface area contributed by atoms with Crippen molar-refractivity contribution in [2.24, 2.45) is 5.92 Å². The van der Waals surface area contributed by atoms with E-state index in [1.165, 1.54) is 0 Å². The third-order valence-electron chi connectivity index (χ3n) is 5.09. The molecule has 2 N–H and O–H groups in total. The SMILES string of the molecule is CCOc1ccc(Nc2nc(Nc3cccc(OC)c3)nc3c2C(=O)CC(C)C3)cc1. The van der Waals surface area contributed by atoms with E-state index >= 15 is 0 Å². The molecule has 4 rings (SSSR count). The minimum Gasteiger partial charge on any atom is -0.497 e. The summed E-state index contributed by atoms with van der Waals surface area (Å²) in [6.45, 7) is 4.62. The Morgan fingerprint density at radius 2 is 1.81 bits per heavy atom. The van der Waals surface area contributed by atoms with Gasteiger partial charge in [-0.1, -0.05) is 13.0 Å². The number of methoxy groups -OCH3 is 1. The number of carbonyl (C=O) groups is 1. The van der Waals surface area contributed by atoms with E-state index in [2.05, 4.69) is 27.5 Å². The van der Waals surface area contributed by atoms with Crippen LogP contribution in [-0.4, -0.2) is 29.5 Å². The molecule has 0 bridgehead atoms. The maximum Gasteiger partial charge on any atom is 0.229 e. The second kappa shape index (κ2) is 9.04. The molecule has 1 unspecified atom stereocenters. The number of Topliss-reactive ketones (excluding diaryl/α,β-unsaturated/α-hetero) is 1. The van der Waals surface area contributed by atoms with Gasteiger partial charge in [0.25, 0.3) is 0 Å². The zero-order chi connectivity index (χ0) is 21.8. The lowest BCUT2D eigenvalue weighted by Gasteiger charge is -2.23. The van der Waals surface area contributed by atoms with Crippen molar-refractivity contribution >= 4 is 28.9 Å². The third kappa shape index (κ3) is 4.77. The Labute approximate surface area is 181 Å². The van der Waals surface area contributed by atoms with Crippen molar-refractivity contribution in [1.82, 2.24) is 9.97 Å². The van der Waals surface area contributed by atoms with Crippen molar-refractivity contribution in [2.75, 3.05) is 24.4 Å². The van der Waals surface area contributed by atoms with E-state index in [9.17, 15) is 4.79 Å². The molecule has 7 nitrogen and oxygen atoms in total. The van der Waals surface area contributed by atoms with Crippen molar-refractivity contribution in [3.8, 4) is 11.5 Å². The molecule has 0 aliphatic heterocycles. The highest BCUT2D eigenvalue weighted by atomic mass is 16.5. The predicted molar refractivity (Wildman–Crippen MR) is 121 cm³/mol. The number of rotatable bonds is 7. The van der Waals surface area contributed by atoms with Gasteiger partial charge in [0.15, 0.2) is 5.78 Å². The normalized spacial score (nSPS) is 15.2. The second-order valence-corrected chi connectivity index (χ2v) is 7.59. The van der Waals surface area contributed by atoms with Crippen molar-refractivity contribution in [1.29, 1.82) is 0 Å². The lowest BCUT2D eigenvalue weighted by molar-refractivity contribution is 0.0952. The number of nitrogens with one attached hydrogen (secondary N) is 2. The van der Waals surface area contributed by atoms with E-state index in [1.54, 1.807) is 7.11 Å². The fourth-order valence-electron chi connectivity index (χ4n) is 3.68. The van der Waals surface area contributed by atoms with Gasteiger partial charge in [-0.2, -0.15) is 4.98 Å². The van der Waals surface area contributed by atoms with Gasteiger partial charge in [-0.05, 0) is 55.7 Å². The Bertz CT molecular complexity index is 1080.